The van der Waals surface area contributed by atoms with Crippen molar-refractivity contribution >= 4 is 11.3 Å². The summed E-state index contributed by atoms with van der Waals surface area (Å²) in [4.78, 5) is 19.5. The first-order valence-electron chi connectivity index (χ1n) is 5.95. The molecule has 0 amide bonds. The second-order valence-electron chi connectivity index (χ2n) is 4.33. The van der Waals surface area contributed by atoms with Gasteiger partial charge in [-0.15, -0.1) is 11.3 Å². The molecule has 3 aromatic rings. The molecule has 3 nitrogen and oxygen atoms in total. The number of hydrogen-bond donors (Lipinski definition) is 1. The maximum atomic E-state index is 11.7. The molecule has 94 valence electrons. The number of H-pyrrole nitrogens is 1. The highest BCUT2D eigenvalue weighted by molar-refractivity contribution is 7.13. The Balaban J connectivity index is 2.12. The first kappa shape index (κ1) is 11.9. The maximum absolute atomic E-state index is 11.7. The summed E-state index contributed by atoms with van der Waals surface area (Å²) in [5.41, 5.74) is 3.33. The van der Waals surface area contributed by atoms with Crippen LogP contribution in [0.3, 0.4) is 0 Å². The van der Waals surface area contributed by atoms with Crippen molar-refractivity contribution < 1.29 is 0 Å². The van der Waals surface area contributed by atoms with Crippen LogP contribution in [0.25, 0.3) is 21.8 Å². The highest BCUT2D eigenvalue weighted by atomic mass is 32.1. The van der Waals surface area contributed by atoms with Gasteiger partial charge in [-0.25, -0.2) is 4.79 Å². The van der Waals surface area contributed by atoms with Crippen LogP contribution in [0.4, 0.5) is 0 Å². The van der Waals surface area contributed by atoms with Crippen molar-refractivity contribution in [2.24, 2.45) is 0 Å². The maximum Gasteiger partial charge on any atom is 0.345 e. The lowest BCUT2D eigenvalue weighted by atomic mass is 10.1. The largest absolute Gasteiger partial charge is 0.345 e. The van der Waals surface area contributed by atoms with Crippen molar-refractivity contribution in [1.82, 2.24) is 9.97 Å². The van der Waals surface area contributed by atoms with Gasteiger partial charge in [0.25, 0.3) is 0 Å². The molecular weight excluding hydrogens is 256 g/mol. The molecule has 19 heavy (non-hydrogen) atoms. The molecular formula is C15H12N2OS. The van der Waals surface area contributed by atoms with E-state index < -0.39 is 0 Å². The number of nitrogens with zero attached hydrogens (tertiary/aromatic N) is 1. The van der Waals surface area contributed by atoms with Gasteiger partial charge in [0, 0.05) is 5.56 Å². The number of aromatic amines is 1. The Morgan fingerprint density at radius 3 is 2.63 bits per heavy atom. The van der Waals surface area contributed by atoms with Crippen molar-refractivity contribution in [1.29, 1.82) is 0 Å². The fraction of sp³-hybridized carbons (Fsp3) is 0.0667. The van der Waals surface area contributed by atoms with Crippen molar-refractivity contribution in [3.05, 3.63) is 63.9 Å². The number of aromatic nitrogens is 2. The van der Waals surface area contributed by atoms with Crippen LogP contribution in [0, 0.1) is 6.92 Å². The zero-order chi connectivity index (χ0) is 13.2. The molecule has 0 unspecified atom stereocenters. The minimum absolute atomic E-state index is 0.318. The highest BCUT2D eigenvalue weighted by Gasteiger charge is 2.06. The topological polar surface area (TPSA) is 45.8 Å². The Labute approximate surface area is 114 Å². The predicted octanol–water partition coefficient (Wildman–Crippen LogP) is 3.47. The minimum Gasteiger partial charge on any atom is -0.305 e. The standard InChI is InChI=1S/C15H12N2OS/c1-10-4-6-11(7-5-10)12-9-13(17-15(18)16-12)14-3-2-8-19-14/h2-9H,1H3,(H,16,17,18). The zero-order valence-electron chi connectivity index (χ0n) is 10.4. The molecule has 0 aliphatic heterocycles. The van der Waals surface area contributed by atoms with Gasteiger partial charge in [0.05, 0.1) is 16.3 Å². The number of hydrogen-bond acceptors (Lipinski definition) is 3. The molecule has 0 spiro atoms. The smallest absolute Gasteiger partial charge is 0.305 e. The third-order valence-electron chi connectivity index (χ3n) is 2.88. The molecule has 0 aliphatic carbocycles. The minimum atomic E-state index is -0.318. The second kappa shape index (κ2) is 4.82. The Kier molecular flexibility index (Phi) is 3.01. The number of nitrogens with one attached hydrogen (secondary N) is 1. The Hall–Kier alpha value is -2.20. The Morgan fingerprint density at radius 2 is 1.95 bits per heavy atom. The number of rotatable bonds is 2. The lowest BCUT2D eigenvalue weighted by Gasteiger charge is -2.03. The van der Waals surface area contributed by atoms with E-state index in [1.807, 2.05) is 54.8 Å². The molecule has 0 aliphatic rings. The number of aryl methyl sites for hydroxylation is 1. The molecule has 0 bridgehead atoms. The van der Waals surface area contributed by atoms with E-state index in [1.165, 1.54) is 5.56 Å². The molecule has 0 saturated heterocycles. The molecule has 0 fully saturated rings. The lowest BCUT2D eigenvalue weighted by Crippen LogP contribution is -2.11. The summed E-state index contributed by atoms with van der Waals surface area (Å²) < 4.78 is 0. The van der Waals surface area contributed by atoms with E-state index >= 15 is 0 Å². The summed E-state index contributed by atoms with van der Waals surface area (Å²) in [6.45, 7) is 2.03. The lowest BCUT2D eigenvalue weighted by molar-refractivity contribution is 1.09. The molecule has 1 aromatic carbocycles. The zero-order valence-corrected chi connectivity index (χ0v) is 11.2. The molecule has 4 heteroatoms. The summed E-state index contributed by atoms with van der Waals surface area (Å²) >= 11 is 1.59. The van der Waals surface area contributed by atoms with Crippen LogP contribution in [0.1, 0.15) is 5.56 Å². The summed E-state index contributed by atoms with van der Waals surface area (Å²) in [5, 5.41) is 1.99. The van der Waals surface area contributed by atoms with E-state index in [0.717, 1.165) is 16.1 Å². The van der Waals surface area contributed by atoms with Crippen molar-refractivity contribution in [2.45, 2.75) is 6.92 Å². The van der Waals surface area contributed by atoms with E-state index in [4.69, 9.17) is 0 Å². The SMILES string of the molecule is Cc1ccc(-c2cc(-c3cccs3)[nH]c(=O)n2)cc1. The van der Waals surface area contributed by atoms with E-state index in [9.17, 15) is 4.79 Å². The van der Waals surface area contributed by atoms with Crippen molar-refractivity contribution in [2.75, 3.05) is 0 Å². The Morgan fingerprint density at radius 1 is 1.16 bits per heavy atom. The van der Waals surface area contributed by atoms with E-state index in [0.29, 0.717) is 5.69 Å². The van der Waals surface area contributed by atoms with Crippen molar-refractivity contribution in [3.8, 4) is 21.8 Å². The van der Waals surface area contributed by atoms with Gasteiger partial charge in [0.1, 0.15) is 0 Å². The van der Waals surface area contributed by atoms with Gasteiger partial charge in [-0.05, 0) is 24.4 Å². The van der Waals surface area contributed by atoms with Crippen LogP contribution in [-0.2, 0) is 0 Å². The van der Waals surface area contributed by atoms with E-state index in [1.54, 1.807) is 11.3 Å². The molecule has 2 aromatic heterocycles. The molecule has 2 heterocycles. The quantitative estimate of drug-likeness (QED) is 0.773. The van der Waals surface area contributed by atoms with Gasteiger partial charge in [-0.2, -0.15) is 4.98 Å². The predicted molar refractivity (Wildman–Crippen MR) is 78.3 cm³/mol. The summed E-state index contributed by atoms with van der Waals surface area (Å²) in [6.07, 6.45) is 0. The first-order valence-corrected chi connectivity index (χ1v) is 6.82. The van der Waals surface area contributed by atoms with Crippen LogP contribution in [0.5, 0.6) is 0 Å². The van der Waals surface area contributed by atoms with Gasteiger partial charge < -0.3 is 4.98 Å². The summed E-state index contributed by atoms with van der Waals surface area (Å²) in [7, 11) is 0. The van der Waals surface area contributed by atoms with E-state index in [-0.39, 0.29) is 5.69 Å². The van der Waals surface area contributed by atoms with Crippen LogP contribution >= 0.6 is 11.3 Å². The third-order valence-corrected chi connectivity index (χ3v) is 3.78. The van der Waals surface area contributed by atoms with Crippen LogP contribution in [0.15, 0.2) is 52.6 Å². The van der Waals surface area contributed by atoms with Gasteiger partial charge in [0.15, 0.2) is 0 Å². The number of thiophene rings is 1. The molecule has 0 atom stereocenters. The molecule has 3 rings (SSSR count). The van der Waals surface area contributed by atoms with Crippen molar-refractivity contribution in [3.63, 3.8) is 0 Å². The average molecular weight is 268 g/mol. The van der Waals surface area contributed by atoms with Gasteiger partial charge in [-0.1, -0.05) is 35.9 Å². The van der Waals surface area contributed by atoms with Gasteiger partial charge in [0.2, 0.25) is 0 Å². The summed E-state index contributed by atoms with van der Waals surface area (Å²) in [5.74, 6) is 0. The molecule has 0 radical (unpaired) electrons. The monoisotopic (exact) mass is 268 g/mol. The van der Waals surface area contributed by atoms with Gasteiger partial charge in [-0.3, -0.25) is 0 Å². The molecule has 0 saturated carbocycles. The van der Waals surface area contributed by atoms with Crippen LogP contribution in [0.2, 0.25) is 0 Å². The van der Waals surface area contributed by atoms with Gasteiger partial charge >= 0.3 is 5.69 Å². The normalized spacial score (nSPS) is 10.6. The fourth-order valence-corrected chi connectivity index (χ4v) is 2.59. The Bertz CT molecular complexity index is 743. The third kappa shape index (κ3) is 2.48. The van der Waals surface area contributed by atoms with E-state index in [2.05, 4.69) is 9.97 Å². The molecule has 1 N–H and O–H groups in total. The fourth-order valence-electron chi connectivity index (χ4n) is 1.89. The van der Waals surface area contributed by atoms with Crippen LogP contribution < -0.4 is 5.69 Å². The van der Waals surface area contributed by atoms with Crippen LogP contribution in [-0.4, -0.2) is 9.97 Å². The first-order chi connectivity index (χ1) is 9.22. The number of benzene rings is 1. The summed E-state index contributed by atoms with van der Waals surface area (Å²) in [6, 6.07) is 13.9. The highest BCUT2D eigenvalue weighted by Crippen LogP contribution is 2.25. The average Bonchev–Trinajstić information content (AvgIpc) is 2.93. The second-order valence-corrected chi connectivity index (χ2v) is 5.28.